The smallest absolute Gasteiger partial charge is 0.376 e. The molecule has 1 aromatic heterocycles. The summed E-state index contributed by atoms with van der Waals surface area (Å²) in [6.07, 6.45) is 2.57. The first-order valence-corrected chi connectivity index (χ1v) is 3.99. The molecule has 68 valence electrons. The Bertz CT molecular complexity index is 351. The zero-order valence-corrected chi connectivity index (χ0v) is 7.20. The standard InChI is InChI=1S/C8H9N3O2/c1-13-8(12)7-10-4-5-2-3-9-6(5)11-7/h4H,2-3H2,1H3,(H,9,10,11). The summed E-state index contributed by atoms with van der Waals surface area (Å²) in [4.78, 5) is 19.0. The molecule has 0 spiro atoms. The second-order valence-corrected chi connectivity index (χ2v) is 2.74. The van der Waals surface area contributed by atoms with Crippen LogP contribution in [-0.2, 0) is 11.2 Å². The van der Waals surface area contributed by atoms with Crippen molar-refractivity contribution in [1.29, 1.82) is 0 Å². The van der Waals surface area contributed by atoms with Crippen molar-refractivity contribution >= 4 is 11.8 Å². The summed E-state index contributed by atoms with van der Waals surface area (Å²) < 4.78 is 4.50. The third-order valence-corrected chi connectivity index (χ3v) is 1.92. The van der Waals surface area contributed by atoms with Crippen LogP contribution in [0.1, 0.15) is 16.2 Å². The molecule has 0 saturated heterocycles. The lowest BCUT2D eigenvalue weighted by atomic mass is 10.3. The summed E-state index contributed by atoms with van der Waals surface area (Å²) in [7, 11) is 1.31. The molecular weight excluding hydrogens is 170 g/mol. The number of methoxy groups -OCH3 is 1. The largest absolute Gasteiger partial charge is 0.463 e. The summed E-state index contributed by atoms with van der Waals surface area (Å²) in [5.74, 6) is 0.350. The Morgan fingerprint density at radius 1 is 1.69 bits per heavy atom. The molecule has 1 aromatic rings. The van der Waals surface area contributed by atoms with Gasteiger partial charge in [-0.2, -0.15) is 0 Å². The van der Waals surface area contributed by atoms with Gasteiger partial charge in [-0.25, -0.2) is 14.8 Å². The molecule has 0 atom stereocenters. The van der Waals surface area contributed by atoms with E-state index in [4.69, 9.17) is 0 Å². The number of nitrogens with one attached hydrogen (secondary N) is 1. The van der Waals surface area contributed by atoms with E-state index in [9.17, 15) is 4.79 Å². The first-order valence-electron chi connectivity index (χ1n) is 3.99. The van der Waals surface area contributed by atoms with Gasteiger partial charge in [0.1, 0.15) is 5.82 Å². The summed E-state index contributed by atoms with van der Waals surface area (Å²) in [5, 5.41) is 3.06. The zero-order chi connectivity index (χ0) is 9.26. The number of ether oxygens (including phenoxy) is 1. The van der Waals surface area contributed by atoms with E-state index in [-0.39, 0.29) is 5.82 Å². The summed E-state index contributed by atoms with van der Waals surface area (Å²) in [6.45, 7) is 0.856. The molecule has 0 fully saturated rings. The lowest BCUT2D eigenvalue weighted by molar-refractivity contribution is 0.0587. The third kappa shape index (κ3) is 1.32. The topological polar surface area (TPSA) is 64.1 Å². The quantitative estimate of drug-likeness (QED) is 0.625. The van der Waals surface area contributed by atoms with E-state index >= 15 is 0 Å². The number of hydrogen-bond donors (Lipinski definition) is 1. The molecule has 0 aliphatic carbocycles. The minimum atomic E-state index is -0.503. The van der Waals surface area contributed by atoms with Crippen molar-refractivity contribution in [2.24, 2.45) is 0 Å². The molecule has 0 unspecified atom stereocenters. The predicted molar refractivity (Wildman–Crippen MR) is 45.6 cm³/mol. The Balaban J connectivity index is 2.36. The summed E-state index contributed by atoms with van der Waals surface area (Å²) in [6, 6.07) is 0. The Hall–Kier alpha value is -1.65. The number of nitrogens with zero attached hydrogens (tertiary/aromatic N) is 2. The van der Waals surface area contributed by atoms with Crippen molar-refractivity contribution in [2.75, 3.05) is 19.0 Å². The van der Waals surface area contributed by atoms with Crippen LogP contribution in [0.25, 0.3) is 0 Å². The van der Waals surface area contributed by atoms with Gasteiger partial charge in [0.25, 0.3) is 0 Å². The van der Waals surface area contributed by atoms with E-state index in [0.717, 1.165) is 24.3 Å². The first-order chi connectivity index (χ1) is 6.31. The number of esters is 1. The van der Waals surface area contributed by atoms with Crippen molar-refractivity contribution < 1.29 is 9.53 Å². The molecule has 1 aliphatic heterocycles. The van der Waals surface area contributed by atoms with Gasteiger partial charge in [0, 0.05) is 18.3 Å². The molecule has 1 aliphatic rings. The molecule has 0 radical (unpaired) electrons. The van der Waals surface area contributed by atoms with Gasteiger partial charge in [0.05, 0.1) is 7.11 Å². The fraction of sp³-hybridized carbons (Fsp3) is 0.375. The van der Waals surface area contributed by atoms with E-state index in [1.807, 2.05) is 0 Å². The number of hydrogen-bond acceptors (Lipinski definition) is 5. The van der Waals surface area contributed by atoms with Crippen LogP contribution in [0.3, 0.4) is 0 Å². The molecule has 1 N–H and O–H groups in total. The van der Waals surface area contributed by atoms with E-state index < -0.39 is 5.97 Å². The molecule has 2 heterocycles. The average molecular weight is 179 g/mol. The van der Waals surface area contributed by atoms with Gasteiger partial charge in [0.15, 0.2) is 0 Å². The van der Waals surface area contributed by atoms with E-state index in [1.54, 1.807) is 6.20 Å². The minimum absolute atomic E-state index is 0.107. The van der Waals surface area contributed by atoms with E-state index in [2.05, 4.69) is 20.0 Å². The fourth-order valence-electron chi connectivity index (χ4n) is 1.25. The van der Waals surface area contributed by atoms with Crippen molar-refractivity contribution in [2.45, 2.75) is 6.42 Å². The lowest BCUT2D eigenvalue weighted by Crippen LogP contribution is -2.08. The van der Waals surface area contributed by atoms with Gasteiger partial charge in [-0.3, -0.25) is 0 Å². The van der Waals surface area contributed by atoms with Crippen LogP contribution >= 0.6 is 0 Å². The highest BCUT2D eigenvalue weighted by Gasteiger charge is 2.16. The van der Waals surface area contributed by atoms with Crippen LogP contribution in [0.5, 0.6) is 0 Å². The maximum atomic E-state index is 11.0. The maximum Gasteiger partial charge on any atom is 0.376 e. The van der Waals surface area contributed by atoms with Crippen molar-refractivity contribution in [3.05, 3.63) is 17.6 Å². The highest BCUT2D eigenvalue weighted by molar-refractivity contribution is 5.85. The monoisotopic (exact) mass is 179 g/mol. The normalized spacial score (nSPS) is 13.3. The van der Waals surface area contributed by atoms with Crippen LogP contribution in [0.15, 0.2) is 6.20 Å². The molecule has 13 heavy (non-hydrogen) atoms. The molecule has 0 bridgehead atoms. The number of fused-ring (bicyclic) bond motifs is 1. The molecule has 2 rings (SSSR count). The maximum absolute atomic E-state index is 11.0. The number of rotatable bonds is 1. The van der Waals surface area contributed by atoms with Crippen molar-refractivity contribution in [3.8, 4) is 0 Å². The van der Waals surface area contributed by atoms with Crippen LogP contribution in [0.4, 0.5) is 5.82 Å². The number of carbonyl (C=O) groups excluding carboxylic acids is 1. The van der Waals surface area contributed by atoms with Crippen molar-refractivity contribution in [1.82, 2.24) is 9.97 Å². The third-order valence-electron chi connectivity index (χ3n) is 1.92. The molecule has 0 amide bonds. The second kappa shape index (κ2) is 3.01. The van der Waals surface area contributed by atoms with Gasteiger partial charge in [-0.05, 0) is 6.42 Å². The Morgan fingerprint density at radius 3 is 3.31 bits per heavy atom. The molecule has 0 aromatic carbocycles. The van der Waals surface area contributed by atoms with Crippen LogP contribution in [0.2, 0.25) is 0 Å². The number of anilines is 1. The summed E-state index contributed by atoms with van der Waals surface area (Å²) >= 11 is 0. The molecular formula is C8H9N3O2. The molecule has 5 heteroatoms. The van der Waals surface area contributed by atoms with Gasteiger partial charge < -0.3 is 10.1 Å². The van der Waals surface area contributed by atoms with E-state index in [1.165, 1.54) is 7.11 Å². The van der Waals surface area contributed by atoms with Gasteiger partial charge in [-0.15, -0.1) is 0 Å². The van der Waals surface area contributed by atoms with Gasteiger partial charge >= 0.3 is 5.97 Å². The highest BCUT2D eigenvalue weighted by Crippen LogP contribution is 2.17. The minimum Gasteiger partial charge on any atom is -0.463 e. The van der Waals surface area contributed by atoms with Crippen molar-refractivity contribution in [3.63, 3.8) is 0 Å². The van der Waals surface area contributed by atoms with E-state index in [0.29, 0.717) is 0 Å². The van der Waals surface area contributed by atoms with Gasteiger partial charge in [0.2, 0.25) is 5.82 Å². The Morgan fingerprint density at radius 2 is 2.54 bits per heavy atom. The summed E-state index contributed by atoms with van der Waals surface area (Å²) in [5.41, 5.74) is 1.05. The van der Waals surface area contributed by atoms with Crippen LogP contribution in [0, 0.1) is 0 Å². The Kier molecular flexibility index (Phi) is 1.84. The molecule has 0 saturated carbocycles. The highest BCUT2D eigenvalue weighted by atomic mass is 16.5. The number of aromatic nitrogens is 2. The fourth-order valence-corrected chi connectivity index (χ4v) is 1.25. The average Bonchev–Trinajstić information content (AvgIpc) is 2.63. The lowest BCUT2D eigenvalue weighted by Gasteiger charge is -2.00. The molecule has 5 nitrogen and oxygen atoms in total. The second-order valence-electron chi connectivity index (χ2n) is 2.74. The number of carbonyl (C=O) groups is 1. The SMILES string of the molecule is COC(=O)c1ncc2c(n1)NCC2. The first kappa shape index (κ1) is 7.97. The zero-order valence-electron chi connectivity index (χ0n) is 7.20. The predicted octanol–water partition coefficient (Wildman–Crippen LogP) is 0.231. The van der Waals surface area contributed by atoms with Crippen LogP contribution < -0.4 is 5.32 Å². The van der Waals surface area contributed by atoms with Gasteiger partial charge in [-0.1, -0.05) is 0 Å². The Labute approximate surface area is 75.1 Å². The van der Waals surface area contributed by atoms with Crippen LogP contribution in [-0.4, -0.2) is 29.6 Å².